The average Bonchev–Trinajstić information content (AvgIpc) is 3.60. The van der Waals surface area contributed by atoms with Gasteiger partial charge in [0.05, 0.1) is 17.8 Å². The highest BCUT2D eigenvalue weighted by molar-refractivity contribution is 5.98. The van der Waals surface area contributed by atoms with Crippen molar-refractivity contribution in [2.45, 2.75) is 96.9 Å². The van der Waals surface area contributed by atoms with Crippen LogP contribution in [-0.2, 0) is 33.3 Å². The van der Waals surface area contributed by atoms with E-state index in [2.05, 4.69) is 6.58 Å². The minimum absolute atomic E-state index is 0.101. The average molecular weight is 447 g/mol. The first-order valence-electron chi connectivity index (χ1n) is 11.1. The normalized spacial score (nSPS) is 34.3. The molecule has 7 heteroatoms. The molecule has 3 fully saturated rings. The van der Waals surface area contributed by atoms with Gasteiger partial charge in [-0.15, -0.1) is 0 Å². The molecule has 2 heterocycles. The fourth-order valence-electron chi connectivity index (χ4n) is 4.09. The quantitative estimate of drug-likeness (QED) is 0.243. The van der Waals surface area contributed by atoms with Gasteiger partial charge in [-0.1, -0.05) is 18.7 Å². The van der Waals surface area contributed by atoms with Crippen molar-refractivity contribution in [1.29, 1.82) is 0 Å². The first-order chi connectivity index (χ1) is 14.9. The number of rotatable bonds is 8. The van der Waals surface area contributed by atoms with E-state index >= 15 is 0 Å². The zero-order valence-corrected chi connectivity index (χ0v) is 20.0. The van der Waals surface area contributed by atoms with Gasteiger partial charge in [0, 0.05) is 23.5 Å². The van der Waals surface area contributed by atoms with Crippen molar-refractivity contribution < 1.29 is 33.3 Å². The smallest absolute Gasteiger partial charge is 0.334 e. The van der Waals surface area contributed by atoms with E-state index in [9.17, 15) is 14.4 Å². The van der Waals surface area contributed by atoms with E-state index in [4.69, 9.17) is 18.9 Å². The molecule has 0 amide bonds. The summed E-state index contributed by atoms with van der Waals surface area (Å²) in [5.41, 5.74) is 0.168. The number of ketones is 1. The molecule has 0 aromatic carbocycles. The highest BCUT2D eigenvalue weighted by Gasteiger charge is 2.66. The summed E-state index contributed by atoms with van der Waals surface area (Å²) in [6.07, 6.45) is 2.08. The molecule has 7 nitrogen and oxygen atoms in total. The van der Waals surface area contributed by atoms with Crippen LogP contribution in [0.5, 0.6) is 0 Å². The number of fused-ring (bicyclic) bond motifs is 1. The Kier molecular flexibility index (Phi) is 6.55. The molecule has 1 saturated carbocycles. The molecular weight excluding hydrogens is 412 g/mol. The summed E-state index contributed by atoms with van der Waals surface area (Å²) in [4.78, 5) is 38.2. The topological polar surface area (TPSA) is 94.7 Å². The fraction of sp³-hybridized carbons (Fsp3) is 0.640. The third-order valence-electron chi connectivity index (χ3n) is 7.00. The van der Waals surface area contributed by atoms with Crippen LogP contribution >= 0.6 is 0 Å². The second-order valence-corrected chi connectivity index (χ2v) is 9.60. The van der Waals surface area contributed by atoms with E-state index in [-0.39, 0.29) is 23.6 Å². The van der Waals surface area contributed by atoms with Gasteiger partial charge in [-0.05, 0) is 60.5 Å². The van der Waals surface area contributed by atoms with Crippen LogP contribution < -0.4 is 0 Å². The lowest BCUT2D eigenvalue weighted by Crippen LogP contribution is -2.49. The molecule has 0 N–H and O–H groups in total. The van der Waals surface area contributed by atoms with Gasteiger partial charge >= 0.3 is 11.9 Å². The maximum Gasteiger partial charge on any atom is 0.334 e. The van der Waals surface area contributed by atoms with Gasteiger partial charge in [-0.25, -0.2) is 9.59 Å². The minimum atomic E-state index is -1.05. The van der Waals surface area contributed by atoms with Gasteiger partial charge in [-0.2, -0.15) is 0 Å². The van der Waals surface area contributed by atoms with Crippen molar-refractivity contribution in [3.8, 4) is 0 Å². The summed E-state index contributed by atoms with van der Waals surface area (Å²) in [6.45, 7) is 16.7. The monoisotopic (exact) mass is 446 g/mol. The lowest BCUT2D eigenvalue weighted by molar-refractivity contribution is -0.157. The largest absolute Gasteiger partial charge is 0.454 e. The van der Waals surface area contributed by atoms with E-state index < -0.39 is 35.7 Å². The molecule has 0 spiro atoms. The number of hydrogen-bond acceptors (Lipinski definition) is 7. The van der Waals surface area contributed by atoms with Crippen LogP contribution in [0.4, 0.5) is 0 Å². The molecule has 6 atom stereocenters. The zero-order valence-electron chi connectivity index (χ0n) is 20.0. The van der Waals surface area contributed by atoms with Crippen LogP contribution in [0.15, 0.2) is 35.5 Å². The Morgan fingerprint density at radius 3 is 2.22 bits per heavy atom. The predicted octanol–water partition coefficient (Wildman–Crippen LogP) is 3.61. The van der Waals surface area contributed by atoms with Crippen LogP contribution in [0.1, 0.15) is 61.3 Å². The Morgan fingerprint density at radius 2 is 1.69 bits per heavy atom. The van der Waals surface area contributed by atoms with Crippen LogP contribution in [0.3, 0.4) is 0 Å². The Bertz CT molecular complexity index is 896. The first-order valence-corrected chi connectivity index (χ1v) is 11.1. The van der Waals surface area contributed by atoms with E-state index in [0.29, 0.717) is 29.6 Å². The Hall–Kier alpha value is -2.25. The van der Waals surface area contributed by atoms with Crippen molar-refractivity contribution in [2.24, 2.45) is 5.92 Å². The third kappa shape index (κ3) is 4.59. The summed E-state index contributed by atoms with van der Waals surface area (Å²) in [5.74, 6) is -1.82. The van der Waals surface area contributed by atoms with Gasteiger partial charge < -0.3 is 18.9 Å². The van der Waals surface area contributed by atoms with Crippen molar-refractivity contribution in [3.63, 3.8) is 0 Å². The molecule has 32 heavy (non-hydrogen) atoms. The first kappa shape index (κ1) is 24.4. The molecule has 2 aliphatic heterocycles. The maximum absolute atomic E-state index is 13.2. The van der Waals surface area contributed by atoms with Gasteiger partial charge in [-0.3, -0.25) is 4.79 Å². The standard InChI is InChI=1S/C25H34O7/c1-9-13(3)22(27)29-17(12-18-24(6,7)31-18)15(5)16-11-19-25(8,32-19)21(26)20(16)30-23(28)14(4)10-2/h9-10,16-20H,5,11-12H2,1-4,6-8H3/b13-9-,14-10-/t16-,17-,18+,19-,20-,25-/m0/s1. The third-order valence-corrected chi connectivity index (χ3v) is 7.00. The molecule has 2 saturated heterocycles. The summed E-state index contributed by atoms with van der Waals surface area (Å²) >= 11 is 0. The van der Waals surface area contributed by atoms with Gasteiger partial charge in [0.1, 0.15) is 6.10 Å². The second kappa shape index (κ2) is 8.60. The van der Waals surface area contributed by atoms with E-state index in [1.54, 1.807) is 46.8 Å². The van der Waals surface area contributed by atoms with Crippen LogP contribution in [0, 0.1) is 5.92 Å². The van der Waals surface area contributed by atoms with Crippen molar-refractivity contribution >= 4 is 17.7 Å². The Labute approximate surface area is 189 Å². The number of carbonyl (C=O) groups is 3. The number of hydrogen-bond donors (Lipinski definition) is 0. The molecule has 1 aliphatic carbocycles. The molecule has 176 valence electrons. The summed E-state index contributed by atoms with van der Waals surface area (Å²) in [6, 6.07) is 0. The second-order valence-electron chi connectivity index (χ2n) is 9.60. The number of allylic oxidation sites excluding steroid dienone is 2. The highest BCUT2D eigenvalue weighted by Crippen LogP contribution is 2.51. The van der Waals surface area contributed by atoms with Crippen molar-refractivity contribution in [2.75, 3.05) is 0 Å². The molecule has 3 aliphatic rings. The fourth-order valence-corrected chi connectivity index (χ4v) is 4.09. The highest BCUT2D eigenvalue weighted by atomic mass is 16.6. The Morgan fingerprint density at radius 1 is 1.12 bits per heavy atom. The molecule has 0 aromatic heterocycles. The van der Waals surface area contributed by atoms with Crippen LogP contribution in [0.25, 0.3) is 0 Å². The molecular formula is C25H34O7. The summed E-state index contributed by atoms with van der Waals surface area (Å²) in [5, 5.41) is 0. The van der Waals surface area contributed by atoms with Crippen molar-refractivity contribution in [1.82, 2.24) is 0 Å². The molecule has 0 bridgehead atoms. The molecule has 3 rings (SSSR count). The number of Topliss-reactive ketones (excluding diaryl/α,β-unsaturated/α-hetero) is 1. The maximum atomic E-state index is 13.2. The summed E-state index contributed by atoms with van der Waals surface area (Å²) < 4.78 is 22.8. The lowest BCUT2D eigenvalue weighted by Gasteiger charge is -2.34. The van der Waals surface area contributed by atoms with Crippen molar-refractivity contribution in [3.05, 3.63) is 35.5 Å². The van der Waals surface area contributed by atoms with Crippen LogP contribution in [-0.4, -0.2) is 53.3 Å². The van der Waals surface area contributed by atoms with Gasteiger partial charge in [0.15, 0.2) is 11.7 Å². The summed E-state index contributed by atoms with van der Waals surface area (Å²) in [7, 11) is 0. The van der Waals surface area contributed by atoms with Crippen LogP contribution in [0.2, 0.25) is 0 Å². The lowest BCUT2D eigenvalue weighted by atomic mass is 9.74. The van der Waals surface area contributed by atoms with Gasteiger partial charge in [0.25, 0.3) is 0 Å². The Balaban J connectivity index is 1.86. The number of epoxide rings is 2. The molecule has 0 radical (unpaired) electrons. The molecule has 0 aromatic rings. The minimum Gasteiger partial charge on any atom is -0.454 e. The number of carbonyl (C=O) groups excluding carboxylic acids is 3. The number of esters is 2. The van der Waals surface area contributed by atoms with E-state index in [0.717, 1.165) is 0 Å². The van der Waals surface area contributed by atoms with E-state index in [1.807, 2.05) is 13.8 Å². The molecule has 0 unspecified atom stereocenters. The zero-order chi connectivity index (χ0) is 24.0. The predicted molar refractivity (Wildman–Crippen MR) is 118 cm³/mol. The van der Waals surface area contributed by atoms with Gasteiger partial charge in [0.2, 0.25) is 5.78 Å². The number of ether oxygens (including phenoxy) is 4. The van der Waals surface area contributed by atoms with E-state index in [1.165, 1.54) is 0 Å². The SMILES string of the molecule is C=C([C@H](C[C@H]1OC1(C)C)OC(=O)/C(C)=C\C)[C@@H]1C[C@@H]2O[C@]2(C)C(=O)[C@H]1OC(=O)/C(C)=C\C.